The number of piperazine rings is 1. The van der Waals surface area contributed by atoms with Crippen molar-refractivity contribution in [1.82, 2.24) is 39.4 Å². The Balaban J connectivity index is 1.18. The van der Waals surface area contributed by atoms with Gasteiger partial charge in [0.25, 0.3) is 0 Å². The molecule has 1 atom stereocenters. The summed E-state index contributed by atoms with van der Waals surface area (Å²) in [6, 6.07) is 3.88. The number of hydrogen-bond donors (Lipinski definition) is 0. The third kappa shape index (κ3) is 5.28. The van der Waals surface area contributed by atoms with Crippen molar-refractivity contribution in [3.8, 4) is 5.82 Å². The molecule has 1 aliphatic heterocycles. The van der Waals surface area contributed by atoms with Crippen molar-refractivity contribution in [3.05, 3.63) is 71.0 Å². The van der Waals surface area contributed by atoms with Crippen molar-refractivity contribution in [3.63, 3.8) is 0 Å². The van der Waals surface area contributed by atoms with Crippen molar-refractivity contribution in [2.45, 2.75) is 43.5 Å². The first-order valence-corrected chi connectivity index (χ1v) is 14.6. The molecule has 5 rings (SSSR count). The van der Waals surface area contributed by atoms with Crippen LogP contribution >= 0.6 is 0 Å². The zero-order valence-corrected chi connectivity index (χ0v) is 24.8. The van der Waals surface area contributed by atoms with Gasteiger partial charge in [-0.05, 0) is 38.5 Å². The summed E-state index contributed by atoms with van der Waals surface area (Å²) < 4.78 is 4.51. The molecule has 4 heterocycles. The second kappa shape index (κ2) is 10.3. The van der Waals surface area contributed by atoms with Gasteiger partial charge in [-0.1, -0.05) is 0 Å². The summed E-state index contributed by atoms with van der Waals surface area (Å²) in [5.41, 5.74) is 6.91. The average molecular weight is 665 g/mol. The molecule has 1 fully saturated rings. The van der Waals surface area contributed by atoms with Crippen LogP contribution in [0, 0.1) is 20.8 Å². The van der Waals surface area contributed by atoms with Crippen LogP contribution in [0.1, 0.15) is 35.6 Å². The number of aryl methyl sites for hydroxylation is 2. The Hall–Kier alpha value is -2.34. The van der Waals surface area contributed by atoms with Crippen LogP contribution in [-0.4, -0.2) is 97.9 Å². The molecule has 3 aromatic rings. The van der Waals surface area contributed by atoms with E-state index in [0.717, 1.165) is 77.7 Å². The van der Waals surface area contributed by atoms with Crippen LogP contribution in [0.2, 0.25) is 3.48 Å². The molecule has 1 saturated heterocycles. The van der Waals surface area contributed by atoms with Gasteiger partial charge >= 0.3 is 127 Å². The van der Waals surface area contributed by atoms with Crippen LogP contribution < -0.4 is 0 Å². The molecule has 3 aromatic heterocycles. The third-order valence-corrected chi connectivity index (χ3v) is 8.79. The second-order valence-electron chi connectivity index (χ2n) is 9.58. The molecule has 1 aliphatic carbocycles. The normalized spacial score (nSPS) is 18.9. The number of nitrogens with zero attached hydrogens (tertiary/aromatic N) is 8. The van der Waals surface area contributed by atoms with Gasteiger partial charge in [-0.3, -0.25) is 0 Å². The van der Waals surface area contributed by atoms with Crippen LogP contribution in [0.4, 0.5) is 0 Å². The molecule has 2 aliphatic rings. The van der Waals surface area contributed by atoms with E-state index in [1.54, 1.807) is 4.52 Å². The van der Waals surface area contributed by atoms with Gasteiger partial charge in [-0.25, -0.2) is 4.68 Å². The molecule has 0 N–H and O–H groups in total. The third-order valence-electron chi connectivity index (χ3n) is 7.13. The number of rotatable bonds is 7. The minimum absolute atomic E-state index is 0.743. The van der Waals surface area contributed by atoms with Crippen LogP contribution in [0.15, 0.2) is 48.2 Å². The minimum atomic E-state index is 0.743. The fourth-order valence-electron chi connectivity index (χ4n) is 4.95. The second-order valence-corrected chi connectivity index (χ2v) is 12.5. The molecule has 8 nitrogen and oxygen atoms in total. The molecule has 35 heavy (non-hydrogen) atoms. The summed E-state index contributed by atoms with van der Waals surface area (Å²) in [7, 11) is 0. The average Bonchev–Trinajstić information content (AvgIpc) is 3.37. The van der Waals surface area contributed by atoms with E-state index in [1.807, 2.05) is 23.7 Å². The summed E-state index contributed by atoms with van der Waals surface area (Å²) in [6.45, 7) is 15.9. The molecule has 9 heteroatoms. The Morgan fingerprint density at radius 3 is 2.63 bits per heavy atom. The molecule has 3 radical (unpaired) electrons. The van der Waals surface area contributed by atoms with E-state index in [-0.39, 0.29) is 0 Å². The van der Waals surface area contributed by atoms with Crippen LogP contribution in [-0.2, 0) is 6.42 Å². The monoisotopic (exact) mass is 665 g/mol. The molecule has 0 bridgehead atoms. The van der Waals surface area contributed by atoms with E-state index in [0.29, 0.717) is 0 Å². The van der Waals surface area contributed by atoms with E-state index < -0.39 is 0 Å². The van der Waals surface area contributed by atoms with Gasteiger partial charge in [-0.15, -0.1) is 15.3 Å². The fraction of sp³-hybridized carbons (Fsp3) is 0.462. The summed E-state index contributed by atoms with van der Waals surface area (Å²) in [5, 5.41) is 17.7. The van der Waals surface area contributed by atoms with Gasteiger partial charge in [-0.2, -0.15) is 9.61 Å². The van der Waals surface area contributed by atoms with E-state index in [4.69, 9.17) is 10.2 Å². The number of aromatic nitrogens is 6. The topological polar surface area (TPSA) is 67.4 Å². The van der Waals surface area contributed by atoms with Crippen molar-refractivity contribution >= 4 is 31.4 Å². The van der Waals surface area contributed by atoms with Gasteiger partial charge in [0.05, 0.1) is 5.69 Å². The SMILES string of the molecule is C=C(CCc1c(C)nn(-c2ccc3nnc(C)n3n2)c1C)N1CCN(CC2=CC[CH]([Pb])C=C2)CC1. The predicted molar refractivity (Wildman–Crippen MR) is 139 cm³/mol. The van der Waals surface area contributed by atoms with Gasteiger partial charge in [0.1, 0.15) is 0 Å². The van der Waals surface area contributed by atoms with Crippen molar-refractivity contribution in [2.24, 2.45) is 0 Å². The van der Waals surface area contributed by atoms with Gasteiger partial charge in [0.2, 0.25) is 0 Å². The molecule has 0 aromatic carbocycles. The summed E-state index contributed by atoms with van der Waals surface area (Å²) in [5.74, 6) is 1.55. The van der Waals surface area contributed by atoms with Crippen molar-refractivity contribution < 1.29 is 0 Å². The van der Waals surface area contributed by atoms with Crippen molar-refractivity contribution in [1.29, 1.82) is 0 Å². The number of fused-ring (bicyclic) bond motifs is 1. The Morgan fingerprint density at radius 1 is 1.09 bits per heavy atom. The maximum atomic E-state index is 4.80. The molecule has 0 spiro atoms. The first kappa shape index (κ1) is 24.4. The van der Waals surface area contributed by atoms with E-state index in [9.17, 15) is 0 Å². The molecular weight excluding hydrogens is 632 g/mol. The van der Waals surface area contributed by atoms with E-state index >= 15 is 0 Å². The first-order valence-electron chi connectivity index (χ1n) is 12.4. The van der Waals surface area contributed by atoms with Gasteiger partial charge in [0.15, 0.2) is 17.3 Å². The predicted octanol–water partition coefficient (Wildman–Crippen LogP) is 3.14. The molecule has 0 amide bonds. The summed E-state index contributed by atoms with van der Waals surface area (Å²) in [4.78, 5) is 5.04. The van der Waals surface area contributed by atoms with E-state index in [1.165, 1.54) is 49.0 Å². The summed E-state index contributed by atoms with van der Waals surface area (Å²) >= 11 is 1.26. The molecule has 0 saturated carbocycles. The molecule has 181 valence electrons. The van der Waals surface area contributed by atoms with Crippen LogP contribution in [0.5, 0.6) is 0 Å². The fourth-order valence-corrected chi connectivity index (χ4v) is 5.78. The zero-order valence-electron chi connectivity index (χ0n) is 20.9. The molecular formula is C26H33N8Pb. The summed E-state index contributed by atoms with van der Waals surface area (Å²) in [6.07, 6.45) is 10.3. The quantitative estimate of drug-likeness (QED) is 0.362. The van der Waals surface area contributed by atoms with Gasteiger partial charge in [0, 0.05) is 5.69 Å². The standard InChI is InChI=1S/C26H33N8.Pb/c1-19(32-16-14-31(15-17-32)18-23-8-6-5-7-9-23)10-11-24-20(2)29-33(21(24)3)26-13-12-25-28-27-22(4)34(25)30-26;/h5-6,8-9,12-13H,1,7,10-11,14-18H2,2-4H3;. The number of allylic oxidation sites excluding steroid dienone is 3. The van der Waals surface area contributed by atoms with Crippen molar-refractivity contribution in [2.75, 3.05) is 32.7 Å². The zero-order chi connectivity index (χ0) is 24.5. The Labute approximate surface area is 223 Å². The first-order chi connectivity index (χ1) is 16.9. The van der Waals surface area contributed by atoms with Crippen LogP contribution in [0.3, 0.4) is 0 Å². The Bertz CT molecular complexity index is 1290. The maximum absolute atomic E-state index is 4.80. The Kier molecular flexibility index (Phi) is 7.19. The molecule has 1 unspecified atom stereocenters. The Morgan fingerprint density at radius 2 is 1.89 bits per heavy atom. The number of hydrogen-bond acceptors (Lipinski definition) is 6. The van der Waals surface area contributed by atoms with Gasteiger partial charge < -0.3 is 0 Å². The van der Waals surface area contributed by atoms with Crippen LogP contribution in [0.25, 0.3) is 11.5 Å². The van der Waals surface area contributed by atoms with E-state index in [2.05, 4.69) is 58.7 Å².